The first kappa shape index (κ1) is 19.3. The Morgan fingerprint density at radius 3 is 2.56 bits per heavy atom. The van der Waals surface area contributed by atoms with Crippen LogP contribution in [0.3, 0.4) is 0 Å². The number of amides is 1. The van der Waals surface area contributed by atoms with Gasteiger partial charge in [0.05, 0.1) is 0 Å². The van der Waals surface area contributed by atoms with Crippen molar-refractivity contribution in [3.8, 4) is 5.88 Å². The van der Waals surface area contributed by atoms with E-state index in [0.29, 0.717) is 31.2 Å². The molecule has 3 rings (SSSR count). The Labute approximate surface area is 159 Å². The molecule has 9 heteroatoms. The molecule has 1 aliphatic rings. The van der Waals surface area contributed by atoms with Crippen LogP contribution in [-0.2, 0) is 0 Å². The Kier molecular flexibility index (Phi) is 5.74. The first-order chi connectivity index (χ1) is 12.8. The fourth-order valence-corrected chi connectivity index (χ4v) is 3.01. The molecule has 1 fully saturated rings. The molecule has 2 aromatic rings. The highest BCUT2D eigenvalue weighted by atomic mass is 35.5. The van der Waals surface area contributed by atoms with E-state index in [-0.39, 0.29) is 11.4 Å². The molecular weight excluding hydrogens is 383 g/mol. The predicted molar refractivity (Wildman–Crippen MR) is 95.4 cm³/mol. The number of ether oxygens (including phenoxy) is 1. The predicted octanol–water partition coefficient (Wildman–Crippen LogP) is 3.64. The largest absolute Gasteiger partial charge is 0.467 e. The minimum absolute atomic E-state index is 0.0259. The standard InChI is InChI=1S/C18H17ClF3N3O2/c19-13-3-1-4-14(11-13)24-7-9-25(10-8-24)17(26)15-5-2-6-23-16(15)27-12-18(20,21)22/h1-6,11H,7-10,12H2. The molecule has 0 saturated carbocycles. The summed E-state index contributed by atoms with van der Waals surface area (Å²) in [5.41, 5.74) is 0.989. The van der Waals surface area contributed by atoms with Crippen LogP contribution in [0.25, 0.3) is 0 Å². The number of benzene rings is 1. The van der Waals surface area contributed by atoms with Crippen molar-refractivity contribution >= 4 is 23.2 Å². The van der Waals surface area contributed by atoms with Gasteiger partial charge < -0.3 is 14.5 Å². The van der Waals surface area contributed by atoms with Gasteiger partial charge in [-0.05, 0) is 30.3 Å². The molecule has 1 aliphatic heterocycles. The van der Waals surface area contributed by atoms with E-state index < -0.39 is 18.7 Å². The lowest BCUT2D eigenvalue weighted by Crippen LogP contribution is -2.48. The van der Waals surface area contributed by atoms with E-state index in [9.17, 15) is 18.0 Å². The molecule has 0 N–H and O–H groups in total. The van der Waals surface area contributed by atoms with Gasteiger partial charge in [0.25, 0.3) is 5.91 Å². The lowest BCUT2D eigenvalue weighted by Gasteiger charge is -2.36. The lowest BCUT2D eigenvalue weighted by atomic mass is 10.2. The number of alkyl halides is 3. The fraction of sp³-hybridized carbons (Fsp3) is 0.333. The molecule has 0 bridgehead atoms. The van der Waals surface area contributed by atoms with E-state index in [0.717, 1.165) is 5.69 Å². The molecule has 1 saturated heterocycles. The van der Waals surface area contributed by atoms with Crippen molar-refractivity contribution in [2.75, 3.05) is 37.7 Å². The SMILES string of the molecule is O=C(c1cccnc1OCC(F)(F)F)N1CCN(c2cccc(Cl)c2)CC1. The molecule has 0 unspecified atom stereocenters. The van der Waals surface area contributed by atoms with E-state index in [1.54, 1.807) is 11.0 Å². The third-order valence-electron chi connectivity index (χ3n) is 4.11. The smallest absolute Gasteiger partial charge is 0.422 e. The number of carbonyl (C=O) groups is 1. The minimum Gasteiger partial charge on any atom is -0.467 e. The number of carbonyl (C=O) groups excluding carboxylic acids is 1. The zero-order valence-corrected chi connectivity index (χ0v) is 15.0. The van der Waals surface area contributed by atoms with Crippen molar-refractivity contribution in [3.05, 3.63) is 53.2 Å². The average molecular weight is 400 g/mol. The Hall–Kier alpha value is -2.48. The van der Waals surface area contributed by atoms with Crippen LogP contribution in [0, 0.1) is 0 Å². The van der Waals surface area contributed by atoms with Gasteiger partial charge in [0.1, 0.15) is 5.56 Å². The summed E-state index contributed by atoms with van der Waals surface area (Å²) in [5.74, 6) is -0.705. The van der Waals surface area contributed by atoms with E-state index in [4.69, 9.17) is 16.3 Å². The van der Waals surface area contributed by atoms with Crippen LogP contribution in [0.2, 0.25) is 5.02 Å². The van der Waals surface area contributed by atoms with Crippen LogP contribution in [0.1, 0.15) is 10.4 Å². The van der Waals surface area contributed by atoms with Crippen molar-refractivity contribution in [2.24, 2.45) is 0 Å². The highest BCUT2D eigenvalue weighted by molar-refractivity contribution is 6.30. The van der Waals surface area contributed by atoms with Crippen LogP contribution < -0.4 is 9.64 Å². The average Bonchev–Trinajstić information content (AvgIpc) is 2.66. The second kappa shape index (κ2) is 8.04. The third kappa shape index (κ3) is 5.03. The Morgan fingerprint density at radius 2 is 1.89 bits per heavy atom. The highest BCUT2D eigenvalue weighted by Gasteiger charge is 2.30. The zero-order valence-electron chi connectivity index (χ0n) is 14.2. The Bertz CT molecular complexity index is 808. The van der Waals surface area contributed by atoms with E-state index in [1.807, 2.05) is 18.2 Å². The summed E-state index contributed by atoms with van der Waals surface area (Å²) in [7, 11) is 0. The molecule has 27 heavy (non-hydrogen) atoms. The number of piperazine rings is 1. The lowest BCUT2D eigenvalue weighted by molar-refractivity contribution is -0.154. The zero-order chi connectivity index (χ0) is 19.4. The monoisotopic (exact) mass is 399 g/mol. The number of aromatic nitrogens is 1. The number of hydrogen-bond acceptors (Lipinski definition) is 4. The molecule has 0 spiro atoms. The Balaban J connectivity index is 1.66. The number of hydrogen-bond donors (Lipinski definition) is 0. The van der Waals surface area contributed by atoms with Gasteiger partial charge in [0, 0.05) is 43.1 Å². The van der Waals surface area contributed by atoms with Crippen molar-refractivity contribution in [2.45, 2.75) is 6.18 Å². The summed E-state index contributed by atoms with van der Waals surface area (Å²) >= 11 is 6.01. The van der Waals surface area contributed by atoms with Gasteiger partial charge in [-0.15, -0.1) is 0 Å². The highest BCUT2D eigenvalue weighted by Crippen LogP contribution is 2.24. The van der Waals surface area contributed by atoms with Gasteiger partial charge in [-0.1, -0.05) is 17.7 Å². The molecule has 5 nitrogen and oxygen atoms in total. The van der Waals surface area contributed by atoms with Crippen LogP contribution in [0.4, 0.5) is 18.9 Å². The summed E-state index contributed by atoms with van der Waals surface area (Å²) in [6, 6.07) is 10.3. The quantitative estimate of drug-likeness (QED) is 0.787. The van der Waals surface area contributed by atoms with Gasteiger partial charge in [-0.25, -0.2) is 4.98 Å². The van der Waals surface area contributed by atoms with Gasteiger partial charge in [-0.2, -0.15) is 13.2 Å². The maximum atomic E-state index is 12.7. The van der Waals surface area contributed by atoms with Crippen LogP contribution in [0.15, 0.2) is 42.6 Å². The molecule has 1 aromatic carbocycles. The van der Waals surface area contributed by atoms with Crippen molar-refractivity contribution < 1.29 is 22.7 Å². The second-order valence-electron chi connectivity index (χ2n) is 6.02. The fourth-order valence-electron chi connectivity index (χ4n) is 2.83. The topological polar surface area (TPSA) is 45.7 Å². The van der Waals surface area contributed by atoms with Gasteiger partial charge in [0.2, 0.25) is 5.88 Å². The molecule has 1 amide bonds. The van der Waals surface area contributed by atoms with E-state index in [2.05, 4.69) is 9.88 Å². The number of halogens is 4. The van der Waals surface area contributed by atoms with Crippen molar-refractivity contribution in [1.82, 2.24) is 9.88 Å². The van der Waals surface area contributed by atoms with E-state index >= 15 is 0 Å². The van der Waals surface area contributed by atoms with Crippen molar-refractivity contribution in [1.29, 1.82) is 0 Å². The summed E-state index contributed by atoms with van der Waals surface area (Å²) in [4.78, 5) is 20.2. The van der Waals surface area contributed by atoms with Gasteiger partial charge in [-0.3, -0.25) is 4.79 Å². The Morgan fingerprint density at radius 1 is 1.15 bits per heavy atom. The summed E-state index contributed by atoms with van der Waals surface area (Å²) < 4.78 is 41.9. The molecule has 144 valence electrons. The second-order valence-corrected chi connectivity index (χ2v) is 6.46. The molecule has 0 radical (unpaired) electrons. The molecular formula is C18H17ClF3N3O2. The summed E-state index contributed by atoms with van der Waals surface area (Å²) in [6.45, 7) is 0.543. The molecule has 0 aliphatic carbocycles. The summed E-state index contributed by atoms with van der Waals surface area (Å²) in [5, 5.41) is 0.632. The first-order valence-electron chi connectivity index (χ1n) is 8.28. The normalized spacial score (nSPS) is 15.0. The number of pyridine rings is 1. The van der Waals surface area contributed by atoms with Crippen molar-refractivity contribution in [3.63, 3.8) is 0 Å². The summed E-state index contributed by atoms with van der Waals surface area (Å²) in [6.07, 6.45) is -3.21. The molecule has 0 atom stereocenters. The third-order valence-corrected chi connectivity index (χ3v) is 4.35. The maximum Gasteiger partial charge on any atom is 0.422 e. The minimum atomic E-state index is -4.50. The van der Waals surface area contributed by atoms with Crippen LogP contribution in [0.5, 0.6) is 5.88 Å². The molecule has 2 heterocycles. The number of nitrogens with zero attached hydrogens (tertiary/aromatic N) is 3. The van der Waals surface area contributed by atoms with Crippen LogP contribution >= 0.6 is 11.6 Å². The van der Waals surface area contributed by atoms with Gasteiger partial charge >= 0.3 is 6.18 Å². The molecule has 1 aromatic heterocycles. The van der Waals surface area contributed by atoms with Gasteiger partial charge in [0.15, 0.2) is 6.61 Å². The number of rotatable bonds is 4. The van der Waals surface area contributed by atoms with Crippen LogP contribution in [-0.4, -0.2) is 54.8 Å². The maximum absolute atomic E-state index is 12.7. The number of anilines is 1. The van der Waals surface area contributed by atoms with E-state index in [1.165, 1.54) is 18.3 Å². The first-order valence-corrected chi connectivity index (χ1v) is 8.66.